The summed E-state index contributed by atoms with van der Waals surface area (Å²) in [4.78, 5) is 29.2. The third kappa shape index (κ3) is 7.29. The molecule has 1 saturated heterocycles. The van der Waals surface area contributed by atoms with Crippen LogP contribution in [-0.4, -0.2) is 49.3 Å². The van der Waals surface area contributed by atoms with Crippen LogP contribution in [0.15, 0.2) is 93.2 Å². The van der Waals surface area contributed by atoms with Crippen molar-refractivity contribution in [2.75, 3.05) is 19.7 Å². The molecule has 0 saturated carbocycles. The van der Waals surface area contributed by atoms with Gasteiger partial charge in [-0.25, -0.2) is 8.42 Å². The standard InChI is InChI=1S/C35H40N2O6S/c1-25-12-17-32-31(19-25)34(39)27(24-43-32)21-36(20-26-9-6-5-7-10-26)33(38)23-37(22-29-11-8-18-42-29)44(40,41)30-15-13-28(14-16-30)35(2,3)4/h5-7,9-10,12-17,19,24,29H,8,11,18,20-23H2,1-4H3. The van der Waals surface area contributed by atoms with Gasteiger partial charge in [0.05, 0.1) is 41.3 Å². The molecule has 0 radical (unpaired) electrons. The maximum absolute atomic E-state index is 14.1. The van der Waals surface area contributed by atoms with E-state index in [0.29, 0.717) is 29.6 Å². The highest BCUT2D eigenvalue weighted by atomic mass is 32.2. The second-order valence-corrected chi connectivity index (χ2v) is 14.5. The number of nitrogens with zero attached hydrogens (tertiary/aromatic N) is 2. The van der Waals surface area contributed by atoms with Gasteiger partial charge in [0.25, 0.3) is 0 Å². The van der Waals surface area contributed by atoms with Crippen LogP contribution in [0, 0.1) is 6.92 Å². The molecule has 5 rings (SSSR count). The molecular formula is C35H40N2O6S. The number of rotatable bonds is 10. The first kappa shape index (κ1) is 31.6. The lowest BCUT2D eigenvalue weighted by Crippen LogP contribution is -2.45. The summed E-state index contributed by atoms with van der Waals surface area (Å²) in [6, 6.07) is 21.7. The Labute approximate surface area is 259 Å². The molecule has 0 aliphatic carbocycles. The fourth-order valence-electron chi connectivity index (χ4n) is 5.43. The number of fused-ring (bicyclic) bond motifs is 1. The lowest BCUT2D eigenvalue weighted by Gasteiger charge is -2.29. The number of sulfonamides is 1. The lowest BCUT2D eigenvalue weighted by molar-refractivity contribution is -0.132. The van der Waals surface area contributed by atoms with E-state index in [1.54, 1.807) is 24.3 Å². The Morgan fingerprint density at radius 2 is 1.70 bits per heavy atom. The second-order valence-electron chi connectivity index (χ2n) is 12.5. The van der Waals surface area contributed by atoms with Crippen molar-refractivity contribution in [1.29, 1.82) is 0 Å². The predicted molar refractivity (Wildman–Crippen MR) is 171 cm³/mol. The minimum absolute atomic E-state index is 0.0337. The molecule has 1 fully saturated rings. The highest BCUT2D eigenvalue weighted by Crippen LogP contribution is 2.26. The summed E-state index contributed by atoms with van der Waals surface area (Å²) in [6.45, 7) is 8.49. The van der Waals surface area contributed by atoms with Gasteiger partial charge in [-0.2, -0.15) is 4.31 Å². The molecule has 0 N–H and O–H groups in total. The number of ether oxygens (including phenoxy) is 1. The third-order valence-corrected chi connectivity index (χ3v) is 9.86. The lowest BCUT2D eigenvalue weighted by atomic mass is 9.87. The van der Waals surface area contributed by atoms with Crippen molar-refractivity contribution in [3.05, 3.63) is 112 Å². The van der Waals surface area contributed by atoms with Gasteiger partial charge in [0.1, 0.15) is 5.58 Å². The molecule has 2 heterocycles. The van der Waals surface area contributed by atoms with Crippen LogP contribution >= 0.6 is 0 Å². The van der Waals surface area contributed by atoms with Crippen LogP contribution in [-0.2, 0) is 38.1 Å². The summed E-state index contributed by atoms with van der Waals surface area (Å²) in [6.07, 6.45) is 2.64. The van der Waals surface area contributed by atoms with E-state index in [0.717, 1.165) is 23.1 Å². The zero-order valence-electron chi connectivity index (χ0n) is 25.8. The van der Waals surface area contributed by atoms with Crippen molar-refractivity contribution in [3.63, 3.8) is 0 Å². The van der Waals surface area contributed by atoms with E-state index in [1.807, 2.05) is 55.5 Å². The normalized spacial score (nSPS) is 15.6. The van der Waals surface area contributed by atoms with E-state index >= 15 is 0 Å². The van der Waals surface area contributed by atoms with Crippen LogP contribution in [0.2, 0.25) is 0 Å². The number of carbonyl (C=O) groups is 1. The summed E-state index contributed by atoms with van der Waals surface area (Å²) in [7, 11) is -4.04. The van der Waals surface area contributed by atoms with Gasteiger partial charge in [-0.1, -0.05) is 74.9 Å². The molecule has 44 heavy (non-hydrogen) atoms. The molecule has 1 amide bonds. The van der Waals surface area contributed by atoms with Crippen LogP contribution in [0.4, 0.5) is 0 Å². The molecule has 232 valence electrons. The summed E-state index contributed by atoms with van der Waals surface area (Å²) < 4.78 is 40.8. The molecule has 4 aromatic rings. The Morgan fingerprint density at radius 3 is 2.36 bits per heavy atom. The third-order valence-electron chi connectivity index (χ3n) is 8.03. The zero-order chi connectivity index (χ0) is 31.5. The summed E-state index contributed by atoms with van der Waals surface area (Å²) >= 11 is 0. The van der Waals surface area contributed by atoms with E-state index in [9.17, 15) is 18.0 Å². The number of benzene rings is 3. The Hall–Kier alpha value is -3.79. The van der Waals surface area contributed by atoms with E-state index in [1.165, 1.54) is 15.5 Å². The Balaban J connectivity index is 1.47. The number of hydrogen-bond acceptors (Lipinski definition) is 6. The minimum atomic E-state index is -4.04. The first-order valence-corrected chi connectivity index (χ1v) is 16.4. The van der Waals surface area contributed by atoms with Crippen molar-refractivity contribution >= 4 is 26.9 Å². The van der Waals surface area contributed by atoms with Gasteiger partial charge >= 0.3 is 0 Å². The molecule has 1 aliphatic rings. The van der Waals surface area contributed by atoms with Crippen LogP contribution < -0.4 is 5.43 Å². The smallest absolute Gasteiger partial charge is 0.243 e. The Morgan fingerprint density at radius 1 is 0.977 bits per heavy atom. The molecular weight excluding hydrogens is 576 g/mol. The molecule has 1 atom stereocenters. The second kappa shape index (κ2) is 13.1. The van der Waals surface area contributed by atoms with Gasteiger partial charge in [-0.05, 0) is 60.6 Å². The minimum Gasteiger partial charge on any atom is -0.464 e. The van der Waals surface area contributed by atoms with Gasteiger partial charge in [0.2, 0.25) is 15.9 Å². The van der Waals surface area contributed by atoms with E-state index in [-0.39, 0.29) is 41.5 Å². The average Bonchev–Trinajstić information content (AvgIpc) is 3.51. The van der Waals surface area contributed by atoms with Crippen molar-refractivity contribution in [1.82, 2.24) is 9.21 Å². The fourth-order valence-corrected chi connectivity index (χ4v) is 6.85. The maximum atomic E-state index is 14.1. The fraction of sp³-hybridized carbons (Fsp3) is 0.371. The number of hydrogen-bond donors (Lipinski definition) is 0. The van der Waals surface area contributed by atoms with Crippen molar-refractivity contribution < 1.29 is 22.4 Å². The topological polar surface area (TPSA) is 97.1 Å². The average molecular weight is 617 g/mol. The molecule has 0 bridgehead atoms. The van der Waals surface area contributed by atoms with Gasteiger partial charge < -0.3 is 14.1 Å². The summed E-state index contributed by atoms with van der Waals surface area (Å²) in [5.41, 5.74) is 3.22. The van der Waals surface area contributed by atoms with Crippen molar-refractivity contribution in [2.45, 2.75) is 70.0 Å². The van der Waals surface area contributed by atoms with Gasteiger partial charge in [-0.15, -0.1) is 0 Å². The largest absolute Gasteiger partial charge is 0.464 e. The van der Waals surface area contributed by atoms with E-state index < -0.39 is 22.5 Å². The molecule has 3 aromatic carbocycles. The van der Waals surface area contributed by atoms with Gasteiger partial charge in [0.15, 0.2) is 5.43 Å². The van der Waals surface area contributed by atoms with Crippen LogP contribution in [0.1, 0.15) is 55.9 Å². The number of aryl methyl sites for hydroxylation is 1. The number of amides is 1. The highest BCUT2D eigenvalue weighted by Gasteiger charge is 2.33. The Kier molecular flexibility index (Phi) is 9.39. The first-order valence-electron chi connectivity index (χ1n) is 15.0. The predicted octanol–water partition coefficient (Wildman–Crippen LogP) is 5.80. The summed E-state index contributed by atoms with van der Waals surface area (Å²) in [5, 5.41) is 0.441. The number of carbonyl (C=O) groups excluding carboxylic acids is 1. The van der Waals surface area contributed by atoms with Crippen LogP contribution in [0.5, 0.6) is 0 Å². The van der Waals surface area contributed by atoms with Gasteiger partial charge in [0, 0.05) is 19.7 Å². The molecule has 1 aliphatic heterocycles. The maximum Gasteiger partial charge on any atom is 0.243 e. The van der Waals surface area contributed by atoms with E-state index in [2.05, 4.69) is 20.8 Å². The molecule has 8 nitrogen and oxygen atoms in total. The molecule has 9 heteroatoms. The van der Waals surface area contributed by atoms with Crippen molar-refractivity contribution in [2.24, 2.45) is 0 Å². The Bertz CT molecular complexity index is 1770. The molecule has 1 unspecified atom stereocenters. The van der Waals surface area contributed by atoms with Crippen LogP contribution in [0.3, 0.4) is 0 Å². The SMILES string of the molecule is Cc1ccc2occ(CN(Cc3ccccc3)C(=O)CN(CC3CCCO3)S(=O)(=O)c3ccc(C(C)(C)C)cc3)c(=O)c2c1. The summed E-state index contributed by atoms with van der Waals surface area (Å²) in [5.74, 6) is -0.425. The zero-order valence-corrected chi connectivity index (χ0v) is 26.6. The first-order chi connectivity index (χ1) is 20.9. The highest BCUT2D eigenvalue weighted by molar-refractivity contribution is 7.89. The van der Waals surface area contributed by atoms with Gasteiger partial charge in [-0.3, -0.25) is 9.59 Å². The monoisotopic (exact) mass is 616 g/mol. The van der Waals surface area contributed by atoms with Crippen LogP contribution in [0.25, 0.3) is 11.0 Å². The quantitative estimate of drug-likeness (QED) is 0.224. The molecule has 0 spiro atoms. The van der Waals surface area contributed by atoms with E-state index in [4.69, 9.17) is 9.15 Å². The van der Waals surface area contributed by atoms with Crippen molar-refractivity contribution in [3.8, 4) is 0 Å². The molecule has 1 aromatic heterocycles.